The van der Waals surface area contributed by atoms with Crippen molar-refractivity contribution in [3.63, 3.8) is 0 Å². The maximum absolute atomic E-state index is 16.3. The van der Waals surface area contributed by atoms with E-state index in [1.54, 1.807) is 0 Å². The number of halogens is 3. The first-order chi connectivity index (χ1) is 57.7. The number of sulfonamides is 1. The van der Waals surface area contributed by atoms with Crippen LogP contribution in [-0.4, -0.2) is 207 Å². The fourth-order valence-electron chi connectivity index (χ4n) is 14.4. The number of nitrogens with one attached hydrogen (secondary N) is 10. The molecule has 2 fully saturated rings. The third-order valence-electron chi connectivity index (χ3n) is 20.8. The Morgan fingerprint density at radius 1 is 0.672 bits per heavy atom. The molecule has 42 heteroatoms. The molecule has 38 nitrogen and oxygen atoms in total. The number of aliphatic hydroxyl groups excluding tert-OH is 6. The van der Waals surface area contributed by atoms with Gasteiger partial charge in [0.15, 0.2) is 23.9 Å². The van der Waals surface area contributed by atoms with Crippen molar-refractivity contribution in [2.45, 2.75) is 161 Å². The number of amides is 9. The molecule has 7 aromatic carbocycles. The summed E-state index contributed by atoms with van der Waals surface area (Å²) in [6, 6.07) is 9.54. The number of phenolic OH excluding ortho intramolecular Hbond substituents is 3. The number of nitrogens with two attached hydrogens (primary N) is 2. The van der Waals surface area contributed by atoms with E-state index in [2.05, 4.69) is 52.6 Å². The van der Waals surface area contributed by atoms with Gasteiger partial charge in [-0.1, -0.05) is 66.8 Å². The fourth-order valence-corrected chi connectivity index (χ4v) is 16.1. The smallest absolute Gasteiger partial charge is 0.261 e. The fraction of sp³-hybridized carbons (Fsp3) is 0.362. The molecule has 0 aromatic heterocycles. The van der Waals surface area contributed by atoms with Crippen molar-refractivity contribution in [1.29, 1.82) is 0 Å². The summed E-state index contributed by atoms with van der Waals surface area (Å²) in [7, 11) is -2.64. The summed E-state index contributed by atoms with van der Waals surface area (Å²) in [5.74, 6) is -16.9. The van der Waals surface area contributed by atoms with E-state index in [4.69, 9.17) is 74.7 Å². The van der Waals surface area contributed by atoms with Gasteiger partial charge in [-0.25, -0.2) is 8.42 Å². The number of anilines is 2. The van der Waals surface area contributed by atoms with Crippen LogP contribution in [0.25, 0.3) is 11.1 Å². The largest absolute Gasteiger partial charge is 0.508 e. The van der Waals surface area contributed by atoms with Gasteiger partial charge < -0.3 is 134 Å². The molecule has 7 heterocycles. The second-order valence-electron chi connectivity index (χ2n) is 30.3. The Labute approximate surface area is 710 Å². The number of ether oxygens (including phenoxy) is 6. The van der Waals surface area contributed by atoms with Crippen molar-refractivity contribution in [1.82, 2.24) is 42.5 Å². The van der Waals surface area contributed by atoms with Gasteiger partial charge in [-0.05, 0) is 164 Å². The molecule has 18 atom stereocenters. The minimum Gasteiger partial charge on any atom is -0.508 e. The molecule has 122 heavy (non-hydrogen) atoms. The highest BCUT2D eigenvalue weighted by atomic mass is 35.5. The molecule has 2 saturated heterocycles. The zero-order valence-corrected chi connectivity index (χ0v) is 68.3. The lowest BCUT2D eigenvalue weighted by molar-refractivity contribution is -0.333. The number of carbonyl (C=O) groups is 9. The van der Waals surface area contributed by atoms with Crippen LogP contribution in [-0.2, 0) is 67.4 Å². The van der Waals surface area contributed by atoms with Gasteiger partial charge in [0, 0.05) is 45.6 Å². The van der Waals surface area contributed by atoms with E-state index in [-0.39, 0.29) is 56.9 Å². The molecule has 9 amide bonds. The van der Waals surface area contributed by atoms with Gasteiger partial charge in [-0.15, -0.1) is 0 Å². The molecule has 0 spiro atoms. The summed E-state index contributed by atoms with van der Waals surface area (Å²) in [6.07, 6.45) is -19.0. The maximum Gasteiger partial charge on any atom is 0.261 e. The highest BCUT2D eigenvalue weighted by molar-refractivity contribution is 7.92. The Kier molecular flexibility index (Phi) is 27.5. The van der Waals surface area contributed by atoms with Crippen LogP contribution in [0.15, 0.2) is 132 Å². The number of likely N-dealkylation sites (N-methyl/N-ethyl adjacent to an activating group) is 1. The number of aliphatic hydroxyl groups is 6. The van der Waals surface area contributed by atoms with E-state index in [0.717, 1.165) is 66.7 Å². The Morgan fingerprint density at radius 3 is 1.89 bits per heavy atom. The molecular formula is C80H87Cl3N12O26S. The van der Waals surface area contributed by atoms with Crippen molar-refractivity contribution >= 4 is 109 Å². The van der Waals surface area contributed by atoms with Gasteiger partial charge in [-0.2, -0.15) is 0 Å². The highest BCUT2D eigenvalue weighted by Crippen LogP contribution is 2.50. The number of carbonyl (C=O) groups excluding carboxylic acids is 9. The monoisotopic (exact) mass is 1770 g/mol. The van der Waals surface area contributed by atoms with Gasteiger partial charge in [0.1, 0.15) is 95.5 Å². The van der Waals surface area contributed by atoms with Crippen molar-refractivity contribution in [3.05, 3.63) is 170 Å². The number of rotatable bonds is 19. The lowest BCUT2D eigenvalue weighted by atomic mass is 9.86. The second-order valence-corrected chi connectivity index (χ2v) is 33.2. The zero-order chi connectivity index (χ0) is 88.4. The van der Waals surface area contributed by atoms with Crippen LogP contribution in [0.3, 0.4) is 0 Å². The van der Waals surface area contributed by atoms with Crippen LogP contribution in [0, 0.1) is 5.92 Å². The van der Waals surface area contributed by atoms with Crippen LogP contribution in [0.2, 0.25) is 15.1 Å². The summed E-state index contributed by atoms with van der Waals surface area (Å²) in [5, 5.41) is 128. The number of aromatic hydroxyl groups is 3. The third kappa shape index (κ3) is 20.1. The number of primary amides is 1. The summed E-state index contributed by atoms with van der Waals surface area (Å²) < 4.78 is 67.2. The molecular weight excluding hydrogens is 1680 g/mol. The molecule has 0 radical (unpaired) electrons. The average molecular weight is 1770 g/mol. The van der Waals surface area contributed by atoms with Gasteiger partial charge >= 0.3 is 0 Å². The number of benzene rings is 7. The molecule has 23 N–H and O–H groups in total. The van der Waals surface area contributed by atoms with E-state index in [9.17, 15) is 73.6 Å². The zero-order valence-electron chi connectivity index (χ0n) is 65.2. The van der Waals surface area contributed by atoms with Crippen LogP contribution in [0.4, 0.5) is 11.4 Å². The first-order valence-electron chi connectivity index (χ1n) is 37.9. The molecule has 650 valence electrons. The molecule has 0 aliphatic carbocycles. The van der Waals surface area contributed by atoms with Crippen LogP contribution in [0.1, 0.15) is 105 Å². The van der Waals surface area contributed by atoms with Crippen molar-refractivity contribution in [3.8, 4) is 57.1 Å². The van der Waals surface area contributed by atoms with Gasteiger partial charge in [-0.3, -0.25) is 47.9 Å². The third-order valence-corrected chi connectivity index (χ3v) is 23.0. The first kappa shape index (κ1) is 90.0. The second kappa shape index (κ2) is 37.2. The standard InChI is InChI=1S/C80H87Cl3N12O26S/c1-32(2)20-47(86-5)72(107)93-63-65(102)35-7-18-51(45(82)22-35)117-53-24-37-25-54(69(53)121-79-70(68(105)67(104)55(31-96)119-79)120-58-29-80(4,85)71(106)33(3)116-58)118-52-19-8-36(23-46(52)83)66(103)64-78(113)92-62(74(109)87-30-57(101)88-39-11-13-40(14-12-39)95-122(114,115)42-15-9-38(81)10-16-42)44-26-41(97)27-50(99)59(44)43-21-34(6-17-49(43)98)60(75(110)94-64)91-76(111)61(37)90-73(108)48(28-56(84)100)89-77(63)112/h6-19,21-27,32-33,47-48,55,58,60-68,70-71,79,86,95-99,102-106H,20,28-31,85H2,1-5H3,(H2,84,100)(H,87,109)(H,88,101)(H,89,112)(H,90,108)(H,91,111)(H,92,113)(H,93,107)(H,94,110)/t33-,47+,48-,55+,58?,60+,61?,62?,63+,64-,65+,66+,67+,68-,70+,71+,79-,80-/m0/s1. The summed E-state index contributed by atoms with van der Waals surface area (Å²) >= 11 is 20.2. The topological polar surface area (TPSA) is 598 Å². The minimum atomic E-state index is -4.11. The lowest BCUT2D eigenvalue weighted by Crippen LogP contribution is -2.64. The molecule has 11 bridgehead atoms. The normalized spacial score (nSPS) is 26.4. The van der Waals surface area contributed by atoms with Crippen LogP contribution >= 0.6 is 34.8 Å². The molecule has 7 aliphatic rings. The van der Waals surface area contributed by atoms with E-state index in [1.807, 2.05) is 13.8 Å². The van der Waals surface area contributed by atoms with E-state index in [0.29, 0.717) is 5.02 Å². The predicted octanol–water partition coefficient (Wildman–Crippen LogP) is 2.23. The Morgan fingerprint density at radius 2 is 1.28 bits per heavy atom. The van der Waals surface area contributed by atoms with Crippen molar-refractivity contribution < 1.29 is 126 Å². The Balaban J connectivity index is 1.01. The van der Waals surface area contributed by atoms with Crippen molar-refractivity contribution in [2.24, 2.45) is 17.4 Å². The van der Waals surface area contributed by atoms with E-state index >= 15 is 24.0 Å². The van der Waals surface area contributed by atoms with Gasteiger partial charge in [0.25, 0.3) is 10.0 Å². The number of hydrogen-bond donors (Lipinski definition) is 21. The summed E-state index contributed by atoms with van der Waals surface area (Å²) in [6.45, 7) is 4.68. The van der Waals surface area contributed by atoms with Crippen LogP contribution < -0.4 is 78.3 Å². The Hall–Kier alpha value is -11.3. The van der Waals surface area contributed by atoms with Gasteiger partial charge in [0.05, 0.1) is 52.8 Å². The summed E-state index contributed by atoms with van der Waals surface area (Å²) in [5.41, 5.74) is 8.04. The highest BCUT2D eigenvalue weighted by Gasteiger charge is 2.52. The van der Waals surface area contributed by atoms with E-state index in [1.165, 1.54) is 81.6 Å². The molecule has 3 unspecified atom stereocenters. The number of phenols is 3. The van der Waals surface area contributed by atoms with Crippen molar-refractivity contribution in [2.75, 3.05) is 30.2 Å². The molecule has 0 saturated carbocycles. The lowest BCUT2D eigenvalue weighted by Gasteiger charge is -2.47. The molecule has 7 aliphatic heterocycles. The number of fused-ring (bicyclic) bond motifs is 15. The maximum atomic E-state index is 16.3. The van der Waals surface area contributed by atoms with E-state index < -0.39 is 265 Å². The minimum absolute atomic E-state index is 0.0736. The average Bonchev–Trinajstić information content (AvgIpc) is 0.762. The van der Waals surface area contributed by atoms with Gasteiger partial charge in [0.2, 0.25) is 65.2 Å². The SMILES string of the molecule is CN[C@H](CC(C)C)C(=O)N[C@H]1C(=O)N[C@@H](CC(N)=O)C(=O)NC2C(=O)N[C@H]3C(=O)N[C@H](C(=O)NC(C(=O)NCC(=O)Nc4ccc(NS(=O)(=O)c5ccc(Cl)cc5)cc4)c4cc(O)cc(O)c4-c4cc3ccc4O)[C@H](O)c3ccc(c(Cl)c3)Oc3cc2cc(c3O[C@@H]2O[C@H](CO)[C@@H](O)[C@H](O)[C@H]2OC2C[C@](C)(N)[C@H](O)[C@H](C)O2)Oc2ccc(cc2Cl)[C@H]1O. The number of hydrogen-bond acceptors (Lipinski definition) is 28. The predicted molar refractivity (Wildman–Crippen MR) is 432 cm³/mol. The molecule has 14 rings (SSSR count). The first-order valence-corrected chi connectivity index (χ1v) is 40.5. The quantitative estimate of drug-likeness (QED) is 0.0552. The molecule has 7 aromatic rings. The van der Waals surface area contributed by atoms with Crippen LogP contribution in [0.5, 0.6) is 46.0 Å². The summed E-state index contributed by atoms with van der Waals surface area (Å²) in [4.78, 5) is 134. The Bertz CT molecular complexity index is 5330.